The van der Waals surface area contributed by atoms with Crippen LogP contribution in [0.25, 0.3) is 21.8 Å². The molecule has 0 N–H and O–H groups in total. The normalized spacial score (nSPS) is 10.2. The smallest absolute Gasteiger partial charge is 0.0649 e. The van der Waals surface area contributed by atoms with Gasteiger partial charge in [0.25, 0.3) is 0 Å². The first-order valence-corrected chi connectivity index (χ1v) is 10.1. The molecule has 4 rings (SSSR count). The van der Waals surface area contributed by atoms with Gasteiger partial charge in [-0.25, -0.2) is 0 Å². The van der Waals surface area contributed by atoms with E-state index in [0.717, 1.165) is 10.8 Å². The van der Waals surface area contributed by atoms with Gasteiger partial charge >= 0.3 is 0 Å². The molecule has 135 valence electrons. The van der Waals surface area contributed by atoms with Crippen LogP contribution in [0.15, 0.2) is 48.8 Å². The van der Waals surface area contributed by atoms with Crippen LogP contribution in [0.1, 0.15) is 0 Å². The van der Waals surface area contributed by atoms with Crippen molar-refractivity contribution < 1.29 is 10.2 Å². The van der Waals surface area contributed by atoms with Crippen LogP contribution in [-0.2, 0) is 0 Å². The molecule has 0 saturated carbocycles. The van der Waals surface area contributed by atoms with Gasteiger partial charge in [-0.2, -0.15) is 0 Å². The van der Waals surface area contributed by atoms with Gasteiger partial charge in [-0.05, 0) is 81.6 Å². The first-order chi connectivity index (χ1) is 12.4. The molecule has 0 saturated heterocycles. The number of benzene rings is 2. The van der Waals surface area contributed by atoms with Gasteiger partial charge in [0, 0.05) is 57.6 Å². The molecule has 0 spiro atoms. The minimum absolute atomic E-state index is 0. The standard InChI is InChI=1S/2C9H5ClINO.Tl/c2*10-6-4-7(11)9(13)8-5(6)2-1-3-12-8;/h2*1-4,13H;/p-2/i;;1-3. The minimum Gasteiger partial charge on any atom is -0.870 e. The van der Waals surface area contributed by atoms with Crippen molar-refractivity contribution in [2.45, 2.75) is 0 Å². The van der Waals surface area contributed by atoms with Crippen molar-refractivity contribution in [3.8, 4) is 11.5 Å². The van der Waals surface area contributed by atoms with Crippen LogP contribution >= 0.6 is 68.4 Å². The van der Waals surface area contributed by atoms with E-state index in [-0.39, 0.29) is 38.8 Å². The Kier molecular flexibility index (Phi) is 8.59. The molecule has 0 unspecified atom stereocenters. The molecule has 0 bridgehead atoms. The summed E-state index contributed by atoms with van der Waals surface area (Å²) in [6.07, 6.45) is 3.19. The third-order valence-corrected chi connectivity index (χ3v) is 5.73. The monoisotopic (exact) mass is 809 g/mol. The Balaban J connectivity index is 0.000000187. The molecular formula is C18H8Cl2I2N2O2Tl-2. The van der Waals surface area contributed by atoms with E-state index in [4.69, 9.17) is 23.2 Å². The van der Waals surface area contributed by atoms with Gasteiger partial charge in [-0.15, -0.1) is 0 Å². The third kappa shape index (κ3) is 5.06. The van der Waals surface area contributed by atoms with E-state index in [0.29, 0.717) is 28.2 Å². The summed E-state index contributed by atoms with van der Waals surface area (Å²) >= 11 is 15.8. The first kappa shape index (κ1) is 23.1. The summed E-state index contributed by atoms with van der Waals surface area (Å²) in [5.41, 5.74) is 0.888. The van der Waals surface area contributed by atoms with Crippen molar-refractivity contribution in [1.82, 2.24) is 9.97 Å². The van der Waals surface area contributed by atoms with E-state index in [1.54, 1.807) is 48.8 Å². The predicted molar refractivity (Wildman–Crippen MR) is 124 cm³/mol. The fourth-order valence-corrected chi connectivity index (χ4v) is 4.32. The van der Waals surface area contributed by atoms with Crippen LogP contribution in [0, 0.1) is 7.14 Å². The zero-order chi connectivity index (χ0) is 18.8. The number of fused-ring (bicyclic) bond motifs is 2. The van der Waals surface area contributed by atoms with Crippen molar-refractivity contribution in [3.05, 3.63) is 66.0 Å². The molecule has 2 aromatic carbocycles. The van der Waals surface area contributed by atoms with Crippen molar-refractivity contribution in [3.63, 3.8) is 0 Å². The predicted octanol–water partition coefficient (Wildman–Crippen LogP) is 4.75. The van der Waals surface area contributed by atoms with Crippen molar-refractivity contribution >= 4 is 117 Å². The molecule has 0 amide bonds. The van der Waals surface area contributed by atoms with E-state index < -0.39 is 0 Å². The maximum Gasteiger partial charge on any atom is 0.0649 e. The molecule has 0 aliphatic carbocycles. The molecule has 0 fully saturated rings. The van der Waals surface area contributed by atoms with Gasteiger partial charge in [0.15, 0.2) is 0 Å². The minimum atomic E-state index is -0.0550. The van der Waals surface area contributed by atoms with E-state index >= 15 is 0 Å². The topological polar surface area (TPSA) is 71.9 Å². The molecule has 2 aromatic heterocycles. The molecule has 4 aromatic rings. The maximum absolute atomic E-state index is 11.6. The Bertz CT molecular complexity index is 1040. The summed E-state index contributed by atoms with van der Waals surface area (Å²) in [4.78, 5) is 8.00. The largest absolute Gasteiger partial charge is 0.870 e. The SMILES string of the molecule is [201Tl].[O-]c1c(I)cc(Cl)c2cccnc12.[O-]c1c(I)cc(Cl)c2cccnc12. The zero-order valence-corrected chi connectivity index (χ0v) is 23.7. The first-order valence-electron chi connectivity index (χ1n) is 7.19. The Morgan fingerprint density at radius 3 is 1.48 bits per heavy atom. The maximum atomic E-state index is 11.6. The van der Waals surface area contributed by atoms with Gasteiger partial charge in [-0.1, -0.05) is 34.7 Å². The summed E-state index contributed by atoms with van der Waals surface area (Å²) in [5, 5.41) is 25.7. The van der Waals surface area contributed by atoms with Gasteiger partial charge in [0.05, 0.1) is 21.1 Å². The van der Waals surface area contributed by atoms with Crippen LogP contribution in [0.4, 0.5) is 0 Å². The van der Waals surface area contributed by atoms with Crippen molar-refractivity contribution in [1.29, 1.82) is 0 Å². The average molecular weight is 810 g/mol. The zero-order valence-electron chi connectivity index (χ0n) is 13.4. The summed E-state index contributed by atoms with van der Waals surface area (Å²) in [6, 6.07) is 10.4. The Labute approximate surface area is 212 Å². The number of halogens is 4. The van der Waals surface area contributed by atoms with E-state index in [1.807, 2.05) is 45.2 Å². The number of rotatable bonds is 0. The number of hydrogen-bond donors (Lipinski definition) is 0. The van der Waals surface area contributed by atoms with Crippen LogP contribution < -0.4 is 10.2 Å². The Morgan fingerprint density at radius 2 is 1.11 bits per heavy atom. The summed E-state index contributed by atoms with van der Waals surface area (Å²) in [7, 11) is 0. The van der Waals surface area contributed by atoms with Gasteiger partial charge < -0.3 is 10.2 Å². The second kappa shape index (κ2) is 10.0. The molecule has 2 heterocycles. The van der Waals surface area contributed by atoms with Gasteiger partial charge in [0.1, 0.15) is 0 Å². The molecule has 4 nitrogen and oxygen atoms in total. The van der Waals surface area contributed by atoms with Gasteiger partial charge in [-0.3, -0.25) is 9.97 Å². The number of nitrogens with zero attached hydrogens (tertiary/aromatic N) is 2. The van der Waals surface area contributed by atoms with Crippen molar-refractivity contribution in [2.75, 3.05) is 0 Å². The van der Waals surface area contributed by atoms with E-state index in [9.17, 15) is 10.2 Å². The fraction of sp³-hybridized carbons (Fsp3) is 0. The molecule has 1 radical (unpaired) electrons. The van der Waals surface area contributed by atoms with E-state index in [2.05, 4.69) is 9.97 Å². The summed E-state index contributed by atoms with van der Waals surface area (Å²) < 4.78 is 1.21. The van der Waals surface area contributed by atoms with E-state index in [1.165, 1.54) is 0 Å². The molecular weight excluding hydrogens is 802 g/mol. The molecule has 27 heavy (non-hydrogen) atoms. The number of aromatic nitrogens is 2. The molecule has 0 aliphatic heterocycles. The fourth-order valence-electron chi connectivity index (χ4n) is 2.29. The van der Waals surface area contributed by atoms with Crippen LogP contribution in [0.5, 0.6) is 11.5 Å². The Hall–Kier alpha value is -0.178. The van der Waals surface area contributed by atoms with Crippen LogP contribution in [0.2, 0.25) is 10.0 Å². The molecule has 0 atom stereocenters. The van der Waals surface area contributed by atoms with Crippen molar-refractivity contribution in [2.24, 2.45) is 0 Å². The molecule has 9 heteroatoms. The second-order valence-corrected chi connectivity index (χ2v) is 8.28. The van der Waals surface area contributed by atoms with Crippen LogP contribution in [0.3, 0.4) is 0 Å². The number of hydrogen-bond acceptors (Lipinski definition) is 4. The second-order valence-electron chi connectivity index (χ2n) is 5.14. The van der Waals surface area contributed by atoms with Gasteiger partial charge in [0.2, 0.25) is 0 Å². The molecule has 0 aliphatic rings. The summed E-state index contributed by atoms with van der Waals surface area (Å²) in [6.45, 7) is 0. The number of pyridine rings is 2. The average Bonchev–Trinajstić information content (AvgIpc) is 2.65. The summed E-state index contributed by atoms with van der Waals surface area (Å²) in [5.74, 6) is -0.110. The quantitative estimate of drug-likeness (QED) is 0.190. The van der Waals surface area contributed by atoms with Crippen LogP contribution in [-0.4, -0.2) is 37.3 Å². The Morgan fingerprint density at radius 1 is 0.741 bits per heavy atom. The third-order valence-electron chi connectivity index (χ3n) is 3.50.